The zero-order valence-corrected chi connectivity index (χ0v) is 9.27. The average Bonchev–Trinajstić information content (AvgIpc) is 2.18. The van der Waals surface area contributed by atoms with Crippen molar-refractivity contribution in [1.29, 1.82) is 0 Å². The molecule has 0 N–H and O–H groups in total. The molecule has 14 heavy (non-hydrogen) atoms. The summed E-state index contributed by atoms with van der Waals surface area (Å²) in [6.45, 7) is 1.98. The number of ether oxygens (including phenoxy) is 1. The van der Waals surface area contributed by atoms with Crippen LogP contribution in [0.1, 0.15) is 6.42 Å². The van der Waals surface area contributed by atoms with Gasteiger partial charge in [0, 0.05) is 30.2 Å². The molecule has 3 aliphatic heterocycles. The molecule has 0 amide bonds. The van der Waals surface area contributed by atoms with Crippen LogP contribution in [-0.4, -0.2) is 30.3 Å². The van der Waals surface area contributed by atoms with Crippen molar-refractivity contribution in [2.24, 2.45) is 0 Å². The molecule has 74 valence electrons. The van der Waals surface area contributed by atoms with E-state index in [1.807, 2.05) is 12.3 Å². The Bertz CT molecular complexity index is 324. The molecule has 0 spiro atoms. The standard InChI is InChI=1S/C10H11BrN2O/c11-7-1-2-10(12-4-7)13-5-8-3-9(6-13)14-8/h1-2,4,8-9H,3,5-6H2. The van der Waals surface area contributed by atoms with Gasteiger partial charge >= 0.3 is 0 Å². The summed E-state index contributed by atoms with van der Waals surface area (Å²) < 4.78 is 6.60. The van der Waals surface area contributed by atoms with Gasteiger partial charge in [-0.05, 0) is 28.1 Å². The zero-order valence-electron chi connectivity index (χ0n) is 7.69. The molecule has 0 saturated carbocycles. The van der Waals surface area contributed by atoms with E-state index in [4.69, 9.17) is 4.74 Å². The van der Waals surface area contributed by atoms with Gasteiger partial charge in [-0.3, -0.25) is 0 Å². The fraction of sp³-hybridized carbons (Fsp3) is 0.500. The smallest absolute Gasteiger partial charge is 0.128 e. The van der Waals surface area contributed by atoms with Crippen molar-refractivity contribution in [2.45, 2.75) is 18.6 Å². The first-order chi connectivity index (χ1) is 6.81. The van der Waals surface area contributed by atoms with Gasteiger partial charge in [0.05, 0.1) is 12.2 Å². The number of morpholine rings is 1. The Morgan fingerprint density at radius 2 is 2.07 bits per heavy atom. The maximum Gasteiger partial charge on any atom is 0.128 e. The Hall–Kier alpha value is -0.610. The predicted octanol–water partition coefficient (Wildman–Crippen LogP) is 1.82. The number of hydrogen-bond acceptors (Lipinski definition) is 3. The van der Waals surface area contributed by atoms with Crippen molar-refractivity contribution < 1.29 is 4.74 Å². The van der Waals surface area contributed by atoms with Crippen LogP contribution >= 0.6 is 15.9 Å². The first-order valence-electron chi connectivity index (χ1n) is 4.83. The Morgan fingerprint density at radius 1 is 1.36 bits per heavy atom. The third kappa shape index (κ3) is 1.42. The highest BCUT2D eigenvalue weighted by Crippen LogP contribution is 2.30. The van der Waals surface area contributed by atoms with E-state index in [-0.39, 0.29) is 0 Å². The van der Waals surface area contributed by atoms with Crippen LogP contribution in [0.25, 0.3) is 0 Å². The topological polar surface area (TPSA) is 25.4 Å². The second-order valence-electron chi connectivity index (χ2n) is 3.86. The number of aromatic nitrogens is 1. The second kappa shape index (κ2) is 3.21. The Kier molecular flexibility index (Phi) is 1.99. The molecular weight excluding hydrogens is 244 g/mol. The molecular formula is C10H11BrN2O. The van der Waals surface area contributed by atoms with Crippen LogP contribution in [0.4, 0.5) is 5.82 Å². The van der Waals surface area contributed by atoms with Gasteiger partial charge in [0.15, 0.2) is 0 Å². The summed E-state index contributed by atoms with van der Waals surface area (Å²) >= 11 is 3.38. The maximum atomic E-state index is 5.57. The Balaban J connectivity index is 1.79. The van der Waals surface area contributed by atoms with Gasteiger partial charge in [-0.15, -0.1) is 0 Å². The van der Waals surface area contributed by atoms with Gasteiger partial charge in [-0.2, -0.15) is 0 Å². The number of nitrogens with zero attached hydrogens (tertiary/aromatic N) is 2. The molecule has 3 nitrogen and oxygen atoms in total. The van der Waals surface area contributed by atoms with Gasteiger partial charge in [0.1, 0.15) is 5.82 Å². The van der Waals surface area contributed by atoms with E-state index >= 15 is 0 Å². The van der Waals surface area contributed by atoms with Crippen LogP contribution < -0.4 is 4.90 Å². The fourth-order valence-electron chi connectivity index (χ4n) is 2.10. The van der Waals surface area contributed by atoms with Crippen LogP contribution in [0.5, 0.6) is 0 Å². The van der Waals surface area contributed by atoms with Crippen molar-refractivity contribution >= 4 is 21.7 Å². The Morgan fingerprint density at radius 3 is 2.64 bits per heavy atom. The number of anilines is 1. The SMILES string of the molecule is Brc1ccc(N2CC3CC(C2)O3)nc1. The van der Waals surface area contributed by atoms with Crippen molar-refractivity contribution in [3.8, 4) is 0 Å². The lowest BCUT2D eigenvalue weighted by molar-refractivity contribution is -0.133. The van der Waals surface area contributed by atoms with Gasteiger partial charge in [0.25, 0.3) is 0 Å². The van der Waals surface area contributed by atoms with E-state index in [1.165, 1.54) is 6.42 Å². The van der Waals surface area contributed by atoms with Gasteiger partial charge in [0.2, 0.25) is 0 Å². The van der Waals surface area contributed by atoms with Crippen molar-refractivity contribution in [3.05, 3.63) is 22.8 Å². The molecule has 2 atom stereocenters. The molecule has 4 heterocycles. The molecule has 0 aliphatic carbocycles. The van der Waals surface area contributed by atoms with E-state index in [1.54, 1.807) is 0 Å². The van der Waals surface area contributed by atoms with Crippen molar-refractivity contribution in [1.82, 2.24) is 4.98 Å². The molecule has 4 heteroatoms. The third-order valence-corrected chi connectivity index (χ3v) is 3.26. The zero-order chi connectivity index (χ0) is 9.54. The minimum absolute atomic E-state index is 0.444. The Labute approximate surface area is 91.2 Å². The molecule has 0 aromatic carbocycles. The highest BCUT2D eigenvalue weighted by atomic mass is 79.9. The summed E-state index contributed by atoms with van der Waals surface area (Å²) in [5.74, 6) is 1.06. The molecule has 4 rings (SSSR count). The quantitative estimate of drug-likeness (QED) is 0.765. The highest BCUT2D eigenvalue weighted by Gasteiger charge is 2.38. The van der Waals surface area contributed by atoms with Crippen LogP contribution in [0.3, 0.4) is 0 Å². The molecule has 1 aromatic heterocycles. The molecule has 2 unspecified atom stereocenters. The van der Waals surface area contributed by atoms with Gasteiger partial charge < -0.3 is 9.64 Å². The highest BCUT2D eigenvalue weighted by molar-refractivity contribution is 9.10. The van der Waals surface area contributed by atoms with Crippen LogP contribution in [-0.2, 0) is 4.74 Å². The predicted molar refractivity (Wildman–Crippen MR) is 57.4 cm³/mol. The normalized spacial score (nSPS) is 29.9. The summed E-state index contributed by atoms with van der Waals surface area (Å²) in [6.07, 6.45) is 3.96. The van der Waals surface area contributed by atoms with E-state index in [0.717, 1.165) is 23.4 Å². The minimum atomic E-state index is 0.444. The number of pyridine rings is 1. The maximum absolute atomic E-state index is 5.57. The fourth-order valence-corrected chi connectivity index (χ4v) is 2.33. The number of halogens is 1. The lowest BCUT2D eigenvalue weighted by Crippen LogP contribution is -2.57. The number of fused-ring (bicyclic) bond motifs is 2. The number of hydrogen-bond donors (Lipinski definition) is 0. The molecule has 3 aliphatic rings. The van der Waals surface area contributed by atoms with Crippen LogP contribution in [0.15, 0.2) is 22.8 Å². The molecule has 0 radical (unpaired) electrons. The van der Waals surface area contributed by atoms with E-state index in [0.29, 0.717) is 12.2 Å². The number of piperidine rings is 1. The monoisotopic (exact) mass is 254 g/mol. The lowest BCUT2D eigenvalue weighted by atomic mass is 9.99. The first kappa shape index (κ1) is 8.68. The van der Waals surface area contributed by atoms with Gasteiger partial charge in [-0.1, -0.05) is 0 Å². The largest absolute Gasteiger partial charge is 0.371 e. The van der Waals surface area contributed by atoms with E-state index < -0.39 is 0 Å². The minimum Gasteiger partial charge on any atom is -0.371 e. The summed E-state index contributed by atoms with van der Waals surface area (Å²) in [6, 6.07) is 4.08. The first-order valence-corrected chi connectivity index (χ1v) is 5.62. The second-order valence-corrected chi connectivity index (χ2v) is 4.77. The van der Waals surface area contributed by atoms with Crippen molar-refractivity contribution in [2.75, 3.05) is 18.0 Å². The van der Waals surface area contributed by atoms with Crippen LogP contribution in [0.2, 0.25) is 0 Å². The average molecular weight is 255 g/mol. The van der Waals surface area contributed by atoms with Crippen LogP contribution in [0, 0.1) is 0 Å². The molecule has 3 saturated heterocycles. The summed E-state index contributed by atoms with van der Waals surface area (Å²) in [4.78, 5) is 6.68. The summed E-state index contributed by atoms with van der Waals surface area (Å²) in [5, 5.41) is 0. The molecule has 1 aromatic rings. The lowest BCUT2D eigenvalue weighted by Gasteiger charge is -2.47. The molecule has 2 bridgehead atoms. The third-order valence-electron chi connectivity index (χ3n) is 2.79. The van der Waals surface area contributed by atoms with E-state index in [2.05, 4.69) is 31.9 Å². The number of rotatable bonds is 1. The molecule has 3 fully saturated rings. The van der Waals surface area contributed by atoms with Crippen molar-refractivity contribution in [3.63, 3.8) is 0 Å². The van der Waals surface area contributed by atoms with E-state index in [9.17, 15) is 0 Å². The summed E-state index contributed by atoms with van der Waals surface area (Å²) in [7, 11) is 0. The van der Waals surface area contributed by atoms with Gasteiger partial charge in [-0.25, -0.2) is 4.98 Å². The summed E-state index contributed by atoms with van der Waals surface area (Å²) in [5.41, 5.74) is 0.